The highest BCUT2D eigenvalue weighted by atomic mass is 35.5. The van der Waals surface area contributed by atoms with Crippen LogP contribution >= 0.6 is 23.2 Å². The second kappa shape index (κ2) is 6.40. The van der Waals surface area contributed by atoms with E-state index in [4.69, 9.17) is 23.2 Å². The molecule has 0 radical (unpaired) electrons. The second-order valence-electron chi connectivity index (χ2n) is 4.31. The number of hydrogen-bond donors (Lipinski definition) is 2. The van der Waals surface area contributed by atoms with E-state index in [0.29, 0.717) is 10.0 Å². The van der Waals surface area contributed by atoms with Gasteiger partial charge in [-0.2, -0.15) is 0 Å². The van der Waals surface area contributed by atoms with Gasteiger partial charge in [0.1, 0.15) is 0 Å². The van der Waals surface area contributed by atoms with Gasteiger partial charge in [0, 0.05) is 5.92 Å². The van der Waals surface area contributed by atoms with Crippen molar-refractivity contribution in [3.63, 3.8) is 0 Å². The highest BCUT2D eigenvalue weighted by Crippen LogP contribution is 2.32. The Kier molecular flexibility index (Phi) is 4.83. The van der Waals surface area contributed by atoms with Gasteiger partial charge in [0.25, 0.3) is 0 Å². The fourth-order valence-corrected chi connectivity index (χ4v) is 2.41. The quantitative estimate of drug-likeness (QED) is 0.907. The summed E-state index contributed by atoms with van der Waals surface area (Å²) in [6.07, 6.45) is -0.889. The molecule has 2 aromatic carbocycles. The van der Waals surface area contributed by atoms with Gasteiger partial charge >= 0.3 is 0 Å². The molecule has 2 nitrogen and oxygen atoms in total. The zero-order valence-electron chi connectivity index (χ0n) is 10.1. The van der Waals surface area contributed by atoms with Crippen LogP contribution in [0.2, 0.25) is 10.0 Å². The summed E-state index contributed by atoms with van der Waals surface area (Å²) in [5.41, 5.74) is 1.74. The van der Waals surface area contributed by atoms with Crippen LogP contribution in [0.4, 0.5) is 0 Å². The van der Waals surface area contributed by atoms with Gasteiger partial charge < -0.3 is 10.2 Å². The molecule has 0 saturated carbocycles. The van der Waals surface area contributed by atoms with E-state index in [1.165, 1.54) is 0 Å². The molecule has 2 aromatic rings. The lowest BCUT2D eigenvalue weighted by Crippen LogP contribution is -2.23. The van der Waals surface area contributed by atoms with Gasteiger partial charge in [-0.15, -0.1) is 0 Å². The SMILES string of the molecule is OC[C@@H](O)[C@@H](c1ccccc1)c1ccc(Cl)c(Cl)c1. The minimum atomic E-state index is -0.889. The van der Waals surface area contributed by atoms with E-state index in [0.717, 1.165) is 11.1 Å². The van der Waals surface area contributed by atoms with Crippen LogP contribution in [-0.4, -0.2) is 22.9 Å². The fraction of sp³-hybridized carbons (Fsp3) is 0.200. The summed E-state index contributed by atoms with van der Waals surface area (Å²) >= 11 is 11.9. The molecule has 0 aromatic heterocycles. The van der Waals surface area contributed by atoms with Gasteiger partial charge in [-0.3, -0.25) is 0 Å². The van der Waals surface area contributed by atoms with E-state index in [1.54, 1.807) is 12.1 Å². The third-order valence-corrected chi connectivity index (χ3v) is 3.77. The Morgan fingerprint density at radius 2 is 1.58 bits per heavy atom. The molecular weight excluding hydrogens is 283 g/mol. The predicted molar refractivity (Wildman–Crippen MR) is 77.8 cm³/mol. The lowest BCUT2D eigenvalue weighted by molar-refractivity contribution is 0.0823. The third-order valence-electron chi connectivity index (χ3n) is 3.03. The van der Waals surface area contributed by atoms with Crippen LogP contribution < -0.4 is 0 Å². The summed E-state index contributed by atoms with van der Waals surface area (Å²) in [7, 11) is 0. The summed E-state index contributed by atoms with van der Waals surface area (Å²) in [5, 5.41) is 20.2. The first kappa shape index (κ1) is 14.4. The standard InChI is InChI=1S/C15H14Cl2O2/c16-12-7-6-11(8-13(12)17)15(14(19)9-18)10-4-2-1-3-5-10/h1-8,14-15,18-19H,9H2/t14-,15+/m1/s1. The molecule has 0 aliphatic rings. The number of rotatable bonds is 4. The van der Waals surface area contributed by atoms with Crippen molar-refractivity contribution < 1.29 is 10.2 Å². The first-order valence-corrected chi connectivity index (χ1v) is 6.68. The summed E-state index contributed by atoms with van der Waals surface area (Å²) in [6, 6.07) is 14.7. The molecule has 4 heteroatoms. The van der Waals surface area contributed by atoms with Crippen molar-refractivity contribution in [2.45, 2.75) is 12.0 Å². The van der Waals surface area contributed by atoms with E-state index in [1.807, 2.05) is 36.4 Å². The average Bonchev–Trinajstić information content (AvgIpc) is 2.44. The first-order chi connectivity index (χ1) is 9.13. The lowest BCUT2D eigenvalue weighted by Gasteiger charge is -2.22. The molecule has 2 N–H and O–H groups in total. The van der Waals surface area contributed by atoms with Crippen LogP contribution in [0, 0.1) is 0 Å². The minimum Gasteiger partial charge on any atom is -0.394 e. The van der Waals surface area contributed by atoms with Crippen molar-refractivity contribution in [1.82, 2.24) is 0 Å². The van der Waals surface area contributed by atoms with Crippen molar-refractivity contribution in [1.29, 1.82) is 0 Å². The number of halogens is 2. The summed E-state index contributed by atoms with van der Waals surface area (Å²) in [4.78, 5) is 0. The highest BCUT2D eigenvalue weighted by Gasteiger charge is 2.23. The topological polar surface area (TPSA) is 40.5 Å². The van der Waals surface area contributed by atoms with Crippen molar-refractivity contribution in [2.75, 3.05) is 6.61 Å². The highest BCUT2D eigenvalue weighted by molar-refractivity contribution is 6.42. The Balaban J connectivity index is 2.46. The van der Waals surface area contributed by atoms with Crippen LogP contribution in [0.5, 0.6) is 0 Å². The molecule has 0 fully saturated rings. The lowest BCUT2D eigenvalue weighted by atomic mass is 9.87. The maximum atomic E-state index is 10.1. The Bertz CT molecular complexity index is 543. The van der Waals surface area contributed by atoms with Crippen molar-refractivity contribution in [3.8, 4) is 0 Å². The second-order valence-corrected chi connectivity index (χ2v) is 5.13. The molecular formula is C15H14Cl2O2. The molecule has 100 valence electrons. The maximum absolute atomic E-state index is 10.1. The summed E-state index contributed by atoms with van der Waals surface area (Å²) in [6.45, 7) is -0.320. The molecule has 0 aliphatic carbocycles. The molecule has 0 saturated heterocycles. The molecule has 19 heavy (non-hydrogen) atoms. The van der Waals surface area contributed by atoms with Gasteiger partial charge in [0.05, 0.1) is 22.8 Å². The van der Waals surface area contributed by atoms with E-state index < -0.39 is 6.10 Å². The van der Waals surface area contributed by atoms with Gasteiger partial charge in [-0.1, -0.05) is 59.6 Å². The predicted octanol–water partition coefficient (Wildman–Crippen LogP) is 3.48. The largest absolute Gasteiger partial charge is 0.394 e. The Hall–Kier alpha value is -1.06. The number of aliphatic hydroxyl groups excluding tert-OH is 2. The van der Waals surface area contributed by atoms with E-state index >= 15 is 0 Å². The number of aliphatic hydroxyl groups is 2. The molecule has 0 spiro atoms. The number of benzene rings is 2. The smallest absolute Gasteiger partial charge is 0.0879 e. The van der Waals surface area contributed by atoms with Crippen molar-refractivity contribution in [2.24, 2.45) is 0 Å². The molecule has 0 amide bonds. The summed E-state index contributed by atoms with van der Waals surface area (Å²) < 4.78 is 0. The van der Waals surface area contributed by atoms with Crippen LogP contribution in [0.3, 0.4) is 0 Å². The Morgan fingerprint density at radius 1 is 0.895 bits per heavy atom. The van der Waals surface area contributed by atoms with E-state index in [9.17, 15) is 10.2 Å². The van der Waals surface area contributed by atoms with Crippen LogP contribution in [0.1, 0.15) is 17.0 Å². The van der Waals surface area contributed by atoms with Gasteiger partial charge in [-0.25, -0.2) is 0 Å². The average molecular weight is 297 g/mol. The molecule has 2 rings (SSSR count). The Labute approximate surface area is 122 Å². The van der Waals surface area contributed by atoms with Crippen molar-refractivity contribution >= 4 is 23.2 Å². The van der Waals surface area contributed by atoms with Crippen molar-refractivity contribution in [3.05, 3.63) is 69.7 Å². The molecule has 0 aliphatic heterocycles. The zero-order chi connectivity index (χ0) is 13.8. The van der Waals surface area contributed by atoms with Crippen LogP contribution in [-0.2, 0) is 0 Å². The zero-order valence-corrected chi connectivity index (χ0v) is 11.6. The normalized spacial score (nSPS) is 14.1. The van der Waals surface area contributed by atoms with Crippen LogP contribution in [0.25, 0.3) is 0 Å². The first-order valence-electron chi connectivity index (χ1n) is 5.92. The van der Waals surface area contributed by atoms with Gasteiger partial charge in [-0.05, 0) is 23.3 Å². The monoisotopic (exact) mass is 296 g/mol. The minimum absolute atomic E-state index is 0.320. The molecule has 0 unspecified atom stereocenters. The van der Waals surface area contributed by atoms with Gasteiger partial charge in [0.15, 0.2) is 0 Å². The number of hydrogen-bond acceptors (Lipinski definition) is 2. The molecule has 0 bridgehead atoms. The van der Waals surface area contributed by atoms with E-state index in [-0.39, 0.29) is 12.5 Å². The maximum Gasteiger partial charge on any atom is 0.0879 e. The molecule has 2 atom stereocenters. The third kappa shape index (κ3) is 3.28. The van der Waals surface area contributed by atoms with Gasteiger partial charge in [0.2, 0.25) is 0 Å². The fourth-order valence-electron chi connectivity index (χ4n) is 2.11. The summed E-state index contributed by atoms with van der Waals surface area (Å²) in [5.74, 6) is -0.332. The molecule has 0 heterocycles. The van der Waals surface area contributed by atoms with E-state index in [2.05, 4.69) is 0 Å². The van der Waals surface area contributed by atoms with Crippen LogP contribution in [0.15, 0.2) is 48.5 Å². The Morgan fingerprint density at radius 3 is 2.16 bits per heavy atom.